The molecule has 0 fully saturated rings. The van der Waals surface area contributed by atoms with Crippen LogP contribution in [0.4, 0.5) is 0 Å². The third-order valence-electron chi connectivity index (χ3n) is 19.2. The van der Waals surface area contributed by atoms with Crippen LogP contribution in [0.15, 0.2) is 206 Å². The van der Waals surface area contributed by atoms with E-state index < -0.39 is 27.0 Å². The highest BCUT2D eigenvalue weighted by Crippen LogP contribution is 2.68. The fraction of sp³-hybridized carbons (Fsp3) is 0.171. The zero-order valence-corrected chi connectivity index (χ0v) is 44.6. The molecule has 0 atom stereocenters. The van der Waals surface area contributed by atoms with Gasteiger partial charge in [0.05, 0.1) is 10.8 Å². The van der Waals surface area contributed by atoms with E-state index in [-0.39, 0.29) is 10.8 Å². The van der Waals surface area contributed by atoms with Crippen LogP contribution in [0, 0.1) is 0 Å². The minimum Gasteiger partial charge on any atom is -0.0622 e. The van der Waals surface area contributed by atoms with Gasteiger partial charge in [-0.15, -0.1) is 0 Å². The summed E-state index contributed by atoms with van der Waals surface area (Å²) in [6, 6.07) is 81.1. The smallest absolute Gasteiger partial charge is 0.0622 e. The maximum atomic E-state index is 2.80. The van der Waals surface area contributed by atoms with Crippen molar-refractivity contribution in [1.29, 1.82) is 0 Å². The molecule has 15 rings (SSSR count). The summed E-state index contributed by atoms with van der Waals surface area (Å²) in [4.78, 5) is 0. The molecule has 9 aromatic carbocycles. The lowest BCUT2D eigenvalue weighted by Gasteiger charge is -2.38. The first kappa shape index (κ1) is 42.6. The average Bonchev–Trinajstić information content (AvgIpc) is 4.15. The monoisotopic (exact) mass is 954 g/mol. The van der Waals surface area contributed by atoms with Crippen LogP contribution in [0.25, 0.3) is 43.8 Å². The molecule has 2 heteroatoms. The fourth-order valence-electron chi connectivity index (χ4n) is 16.0. The maximum absolute atomic E-state index is 2.80. The Hall–Kier alpha value is -7.11. The van der Waals surface area contributed by atoms with Crippen LogP contribution in [0.1, 0.15) is 106 Å². The summed E-state index contributed by atoms with van der Waals surface area (Å²) in [5.41, 5.74) is 27.3. The molecule has 2 aliphatic heterocycles. The van der Waals surface area contributed by atoms with E-state index in [1.807, 2.05) is 0 Å². The second-order valence-electron chi connectivity index (χ2n) is 23.9. The normalized spacial score (nSPS) is 19.1. The first-order chi connectivity index (χ1) is 34.8. The van der Waals surface area contributed by atoms with Gasteiger partial charge in [-0.1, -0.05) is 248 Å². The van der Waals surface area contributed by atoms with Gasteiger partial charge in [0.25, 0.3) is 0 Å². The number of rotatable bonds is 4. The van der Waals surface area contributed by atoms with E-state index in [0.29, 0.717) is 0 Å². The van der Waals surface area contributed by atoms with Crippen molar-refractivity contribution < 1.29 is 0 Å². The summed E-state index contributed by atoms with van der Waals surface area (Å²) < 4.78 is 0. The quantitative estimate of drug-likeness (QED) is 0.154. The summed E-state index contributed by atoms with van der Waals surface area (Å²) in [5, 5.41) is 6.41. The van der Waals surface area contributed by atoms with E-state index in [1.165, 1.54) is 111 Å². The predicted octanol–water partition coefficient (Wildman–Crippen LogP) is 15.8. The predicted molar refractivity (Wildman–Crippen MR) is 308 cm³/mol. The van der Waals surface area contributed by atoms with E-state index in [4.69, 9.17) is 0 Å². The van der Waals surface area contributed by atoms with Gasteiger partial charge in [-0.05, 0) is 144 Å². The molecule has 0 bridgehead atoms. The Balaban J connectivity index is 1.05. The molecule has 0 spiro atoms. The molecule has 72 heavy (non-hydrogen) atoms. The van der Waals surface area contributed by atoms with Crippen LogP contribution < -0.4 is 10.4 Å². The molecule has 0 amide bonds. The van der Waals surface area contributed by atoms with Crippen molar-refractivity contribution in [2.75, 3.05) is 0 Å². The number of allylic oxidation sites excluding steroid dienone is 2. The van der Waals surface area contributed by atoms with E-state index in [0.717, 1.165) is 0 Å². The van der Waals surface area contributed by atoms with Crippen LogP contribution in [0.3, 0.4) is 0 Å². The highest BCUT2D eigenvalue weighted by molar-refractivity contribution is 7.10. The van der Waals surface area contributed by atoms with Crippen molar-refractivity contribution in [3.63, 3.8) is 0 Å². The Morgan fingerprint density at radius 2 is 0.556 bits per heavy atom. The standard InChI is InChI=1S/C70H58Si2/c1-67(2)55-35-23-21-33-47(55)49-37-59-51(39-57(49)67)65-63(69(59,43-25-13-9-14-26-43)44-27-15-10-16-28-44)53-41-62-54(42-61(53)71(65,5)6)64-66(72(62,7)8)52-40-58-50(48-34-22-24-36-56(48)68(58,3)4)38-60(52)70(64,45-29-17-11-18-30-45)46-31-19-12-20-32-46/h9-42H,1-8H3. The number of benzene rings is 9. The number of fused-ring (bicyclic) bond motifs is 14. The molecule has 0 N–H and O–H groups in total. The first-order valence-corrected chi connectivity index (χ1v) is 32.3. The van der Waals surface area contributed by atoms with Gasteiger partial charge in [-0.2, -0.15) is 0 Å². The Morgan fingerprint density at radius 1 is 0.264 bits per heavy atom. The SMILES string of the molecule is CC1(C)c2ccccc2-c2cc3c(cc21)C1=C(c2cc4c(cc2[Si]1(C)C)C1=C(c2cc5c(cc2C1(c1ccccc1)c1ccccc1)-c1ccccc1C5(C)C)[Si]4(C)C)C3(c1ccccc1)c1ccccc1. The molecule has 0 saturated heterocycles. The second kappa shape index (κ2) is 13.9. The van der Waals surface area contributed by atoms with E-state index >= 15 is 0 Å². The third-order valence-corrected chi connectivity index (χ3v) is 26.2. The average molecular weight is 955 g/mol. The minimum atomic E-state index is -2.47. The van der Waals surface area contributed by atoms with Crippen molar-refractivity contribution in [1.82, 2.24) is 0 Å². The first-order valence-electron chi connectivity index (χ1n) is 26.3. The van der Waals surface area contributed by atoms with Gasteiger partial charge in [0.15, 0.2) is 0 Å². The highest BCUT2D eigenvalue weighted by Gasteiger charge is 2.61. The molecular weight excluding hydrogens is 897 g/mol. The lowest BCUT2D eigenvalue weighted by molar-refractivity contribution is 0.659. The van der Waals surface area contributed by atoms with Gasteiger partial charge in [0, 0.05) is 10.8 Å². The number of hydrogen-bond donors (Lipinski definition) is 0. The van der Waals surface area contributed by atoms with Crippen molar-refractivity contribution in [3.05, 3.63) is 284 Å². The van der Waals surface area contributed by atoms with Crippen molar-refractivity contribution in [3.8, 4) is 22.3 Å². The largest absolute Gasteiger partial charge is 0.114 e. The lowest BCUT2D eigenvalue weighted by Crippen LogP contribution is -2.46. The topological polar surface area (TPSA) is 0 Å². The Kier molecular flexibility index (Phi) is 8.21. The molecule has 0 unspecified atom stereocenters. The van der Waals surface area contributed by atoms with Gasteiger partial charge >= 0.3 is 0 Å². The zero-order valence-electron chi connectivity index (χ0n) is 42.6. The van der Waals surface area contributed by atoms with Gasteiger partial charge in [-0.3, -0.25) is 0 Å². The molecule has 2 heterocycles. The molecule has 0 radical (unpaired) electrons. The molecule has 6 aliphatic rings. The summed E-state index contributed by atoms with van der Waals surface area (Å²) in [6.07, 6.45) is 0. The molecule has 346 valence electrons. The fourth-order valence-corrected chi connectivity index (χ4v) is 23.0. The molecule has 9 aromatic rings. The molecule has 0 nitrogen and oxygen atoms in total. The Bertz CT molecular complexity index is 3600. The van der Waals surface area contributed by atoms with Crippen LogP contribution in [0.5, 0.6) is 0 Å². The maximum Gasteiger partial charge on any atom is 0.114 e. The summed E-state index contributed by atoms with van der Waals surface area (Å²) in [7, 11) is -4.95. The molecule has 0 saturated carbocycles. The van der Waals surface area contributed by atoms with E-state index in [9.17, 15) is 0 Å². The van der Waals surface area contributed by atoms with Crippen LogP contribution in [-0.4, -0.2) is 16.1 Å². The highest BCUT2D eigenvalue weighted by atomic mass is 28.3. The molecule has 0 aromatic heterocycles. The summed E-state index contributed by atoms with van der Waals surface area (Å²) >= 11 is 0. The van der Waals surface area contributed by atoms with E-state index in [2.05, 4.69) is 260 Å². The summed E-state index contributed by atoms with van der Waals surface area (Å²) in [6.45, 7) is 20.5. The van der Waals surface area contributed by atoms with Gasteiger partial charge < -0.3 is 0 Å². The van der Waals surface area contributed by atoms with Gasteiger partial charge in [0.1, 0.15) is 16.1 Å². The van der Waals surface area contributed by atoms with Crippen molar-refractivity contribution >= 4 is 48.1 Å². The lowest BCUT2D eigenvalue weighted by atomic mass is 9.64. The van der Waals surface area contributed by atoms with E-state index in [1.54, 1.807) is 20.8 Å². The second-order valence-corrected chi connectivity index (χ2v) is 32.5. The van der Waals surface area contributed by atoms with Gasteiger partial charge in [-0.25, -0.2) is 0 Å². The van der Waals surface area contributed by atoms with Crippen LogP contribution in [-0.2, 0) is 21.7 Å². The van der Waals surface area contributed by atoms with Crippen LogP contribution in [0.2, 0.25) is 26.2 Å². The Morgan fingerprint density at radius 3 is 0.889 bits per heavy atom. The molecular formula is C70H58Si2. The van der Waals surface area contributed by atoms with Crippen molar-refractivity contribution in [2.45, 2.75) is 75.5 Å². The Labute approximate surface area is 427 Å². The zero-order chi connectivity index (χ0) is 48.9. The third kappa shape index (κ3) is 4.85. The summed E-state index contributed by atoms with van der Waals surface area (Å²) in [5.74, 6) is 0. The van der Waals surface area contributed by atoms with Crippen LogP contribution >= 0.6 is 0 Å². The minimum absolute atomic E-state index is 0.115. The van der Waals surface area contributed by atoms with Crippen molar-refractivity contribution in [2.24, 2.45) is 0 Å². The molecule has 4 aliphatic carbocycles. The van der Waals surface area contributed by atoms with Gasteiger partial charge in [0.2, 0.25) is 0 Å². The number of hydrogen-bond acceptors (Lipinski definition) is 0.